The number of halogens is 1. The number of nitrogens with zero attached hydrogens (tertiary/aromatic N) is 2. The van der Waals surface area contributed by atoms with Crippen LogP contribution in [0.3, 0.4) is 0 Å². The third-order valence-electron chi connectivity index (χ3n) is 5.24. The number of esters is 1. The van der Waals surface area contributed by atoms with Crippen LogP contribution in [0.2, 0.25) is 0 Å². The molecule has 8 nitrogen and oxygen atoms in total. The summed E-state index contributed by atoms with van der Waals surface area (Å²) in [6.45, 7) is 3.55. The van der Waals surface area contributed by atoms with E-state index in [4.69, 9.17) is 9.84 Å². The second-order valence-corrected chi connectivity index (χ2v) is 9.50. The van der Waals surface area contributed by atoms with Crippen LogP contribution in [0.15, 0.2) is 57.8 Å². The molecule has 0 saturated carbocycles. The van der Waals surface area contributed by atoms with Crippen molar-refractivity contribution >= 4 is 63.0 Å². The summed E-state index contributed by atoms with van der Waals surface area (Å²) >= 11 is 4.42. The molecule has 3 aromatic rings. The van der Waals surface area contributed by atoms with Crippen molar-refractivity contribution < 1.29 is 24.2 Å². The van der Waals surface area contributed by atoms with E-state index in [2.05, 4.69) is 22.5 Å². The summed E-state index contributed by atoms with van der Waals surface area (Å²) in [6.07, 6.45) is -0.247. The highest BCUT2D eigenvalue weighted by Gasteiger charge is 2.36. The average Bonchev–Trinajstić information content (AvgIpc) is 3.23. The van der Waals surface area contributed by atoms with Crippen LogP contribution in [0.5, 0.6) is 0 Å². The van der Waals surface area contributed by atoms with Crippen molar-refractivity contribution in [3.05, 3.63) is 83.7 Å². The minimum Gasteiger partial charge on any atom is -0.481 e. The fourth-order valence-electron chi connectivity index (χ4n) is 3.64. The largest absolute Gasteiger partial charge is 0.481 e. The minimum absolute atomic E-state index is 0.0498. The van der Waals surface area contributed by atoms with E-state index in [1.54, 1.807) is 18.2 Å². The van der Waals surface area contributed by atoms with Crippen molar-refractivity contribution in [3.8, 4) is 0 Å². The van der Waals surface area contributed by atoms with Gasteiger partial charge in [-0.1, -0.05) is 52.8 Å². The number of aliphatic carboxylic acids is 1. The van der Waals surface area contributed by atoms with Gasteiger partial charge < -0.3 is 9.84 Å². The van der Waals surface area contributed by atoms with Crippen LogP contribution < -0.4 is 19.7 Å². The van der Waals surface area contributed by atoms with Crippen LogP contribution in [0.4, 0.5) is 5.69 Å². The van der Waals surface area contributed by atoms with Crippen LogP contribution in [-0.2, 0) is 32.3 Å². The number of amides is 1. The zero-order chi connectivity index (χ0) is 24.4. The van der Waals surface area contributed by atoms with Crippen molar-refractivity contribution in [3.63, 3.8) is 0 Å². The minimum atomic E-state index is -1.04. The number of carbonyl (C=O) groups excluding carboxylic acids is 2. The van der Waals surface area contributed by atoms with Crippen LogP contribution in [0, 0.1) is 0 Å². The second kappa shape index (κ2) is 9.78. The van der Waals surface area contributed by atoms with Gasteiger partial charge in [0.2, 0.25) is 0 Å². The maximum absolute atomic E-state index is 13.4. The van der Waals surface area contributed by atoms with Crippen LogP contribution in [0.25, 0.3) is 12.2 Å². The number of carboxylic acid groups (broad SMARTS) is 1. The average molecular weight is 543 g/mol. The highest BCUT2D eigenvalue weighted by atomic mass is 79.9. The molecule has 1 aliphatic heterocycles. The molecular weight excluding hydrogens is 524 g/mol. The maximum Gasteiger partial charge on any atom is 0.326 e. The molecule has 34 heavy (non-hydrogen) atoms. The highest BCUT2D eigenvalue weighted by Crippen LogP contribution is 2.37. The van der Waals surface area contributed by atoms with E-state index in [9.17, 15) is 19.2 Å². The van der Waals surface area contributed by atoms with E-state index in [1.165, 1.54) is 9.47 Å². The lowest BCUT2D eigenvalue weighted by molar-refractivity contribution is -0.144. The number of ether oxygens (including phenoxy) is 1. The Labute approximate surface area is 206 Å². The zero-order valence-electron chi connectivity index (χ0n) is 17.8. The second-order valence-electron chi connectivity index (χ2n) is 7.50. The number of rotatable bonds is 7. The predicted octanol–water partition coefficient (Wildman–Crippen LogP) is 1.85. The van der Waals surface area contributed by atoms with Crippen LogP contribution in [-0.4, -0.2) is 34.1 Å². The number of carboxylic acids is 1. The number of carbonyl (C=O) groups is 3. The maximum atomic E-state index is 13.4. The van der Waals surface area contributed by atoms with Crippen LogP contribution in [0.1, 0.15) is 17.5 Å². The lowest BCUT2D eigenvalue weighted by Gasteiger charge is -2.16. The molecule has 174 valence electrons. The highest BCUT2D eigenvalue weighted by molar-refractivity contribution is 9.10. The summed E-state index contributed by atoms with van der Waals surface area (Å²) in [5.41, 5.74) is 1.47. The summed E-state index contributed by atoms with van der Waals surface area (Å²) < 4.78 is 7.79. The van der Waals surface area contributed by atoms with Crippen molar-refractivity contribution in [1.82, 2.24) is 4.57 Å². The van der Waals surface area contributed by atoms with E-state index in [0.29, 0.717) is 20.4 Å². The number of thiazole rings is 1. The number of benzene rings is 2. The monoisotopic (exact) mass is 542 g/mol. The first-order chi connectivity index (χ1) is 16.3. The summed E-state index contributed by atoms with van der Waals surface area (Å²) in [5.74, 6) is -2.14. The first-order valence-electron chi connectivity index (χ1n) is 10.2. The summed E-state index contributed by atoms with van der Waals surface area (Å²) in [6, 6.07) is 14.3. The Morgan fingerprint density at radius 2 is 1.85 bits per heavy atom. The molecule has 0 aliphatic carbocycles. The van der Waals surface area contributed by atoms with E-state index < -0.39 is 23.4 Å². The number of aromatic nitrogens is 1. The first-order valence-corrected chi connectivity index (χ1v) is 11.8. The molecule has 0 radical (unpaired) electrons. The number of fused-ring (bicyclic) bond motifs is 1. The Kier molecular flexibility index (Phi) is 6.80. The van der Waals surface area contributed by atoms with Crippen molar-refractivity contribution in [2.75, 3.05) is 11.4 Å². The molecule has 1 aromatic heterocycles. The quantitative estimate of drug-likeness (QED) is 0.456. The van der Waals surface area contributed by atoms with Gasteiger partial charge in [-0.15, -0.1) is 11.3 Å². The molecule has 0 bridgehead atoms. The molecule has 2 heterocycles. The molecule has 4 rings (SSSR count). The Morgan fingerprint density at radius 3 is 2.56 bits per heavy atom. The Bertz CT molecular complexity index is 1460. The lowest BCUT2D eigenvalue weighted by Crippen LogP contribution is -2.37. The zero-order valence-corrected chi connectivity index (χ0v) is 20.2. The lowest BCUT2D eigenvalue weighted by atomic mass is 10.1. The number of hydrogen-bond donors (Lipinski definition) is 1. The molecule has 1 aliphatic rings. The molecule has 1 N–H and O–H groups in total. The normalized spacial score (nSPS) is 14.3. The summed E-state index contributed by atoms with van der Waals surface area (Å²) in [4.78, 5) is 51.3. The smallest absolute Gasteiger partial charge is 0.326 e. The van der Waals surface area contributed by atoms with Gasteiger partial charge in [0.1, 0.15) is 17.7 Å². The summed E-state index contributed by atoms with van der Waals surface area (Å²) in [7, 11) is 0. The molecule has 10 heteroatoms. The van der Waals surface area contributed by atoms with Crippen molar-refractivity contribution in [1.29, 1.82) is 0 Å². The molecule has 0 atom stereocenters. The molecule has 0 unspecified atom stereocenters. The third-order valence-corrected chi connectivity index (χ3v) is 6.78. The standard InChI is InChI=1S/C24H19BrN2O6S/c1-14-26(10-9-19(28)29)24(32)22(34-14)21-17-11-16(25)7-8-18(17)27(23(21)31)12-20(30)33-13-15-5-3-2-4-6-15/h2-8,11H,1,9-10,12-13H2,(H,28,29)/b22-21-. The van der Waals surface area contributed by atoms with Gasteiger partial charge in [-0.25, -0.2) is 0 Å². The van der Waals surface area contributed by atoms with Gasteiger partial charge in [0.05, 0.1) is 22.3 Å². The van der Waals surface area contributed by atoms with E-state index in [0.717, 1.165) is 16.9 Å². The predicted molar refractivity (Wildman–Crippen MR) is 131 cm³/mol. The van der Waals surface area contributed by atoms with Crippen molar-refractivity contribution in [2.45, 2.75) is 19.6 Å². The fourth-order valence-corrected chi connectivity index (χ4v) is 5.01. The first kappa shape index (κ1) is 23.7. The van der Waals surface area contributed by atoms with Gasteiger partial charge in [0.25, 0.3) is 11.5 Å². The summed E-state index contributed by atoms with van der Waals surface area (Å²) in [5, 5.41) is 8.97. The Morgan fingerprint density at radius 1 is 1.12 bits per heavy atom. The van der Waals surface area contributed by atoms with E-state index in [1.807, 2.05) is 30.3 Å². The molecular formula is C24H19BrN2O6S. The SMILES string of the molecule is C=c1s/c(=C2\C(=O)N(CC(=O)OCc3ccccc3)c3ccc(Br)cc32)c(=O)n1CCC(=O)O. The van der Waals surface area contributed by atoms with Gasteiger partial charge in [-0.05, 0) is 23.8 Å². The van der Waals surface area contributed by atoms with Gasteiger partial charge >= 0.3 is 11.9 Å². The number of anilines is 1. The molecule has 2 aromatic carbocycles. The fraction of sp³-hybridized carbons (Fsp3) is 0.167. The molecule has 0 spiro atoms. The molecule has 0 fully saturated rings. The van der Waals surface area contributed by atoms with Gasteiger partial charge in [-0.3, -0.25) is 28.6 Å². The van der Waals surface area contributed by atoms with E-state index in [-0.39, 0.29) is 36.2 Å². The topological polar surface area (TPSA) is 106 Å². The van der Waals surface area contributed by atoms with Gasteiger partial charge in [-0.2, -0.15) is 0 Å². The molecule has 1 amide bonds. The van der Waals surface area contributed by atoms with Crippen LogP contribution >= 0.6 is 27.3 Å². The van der Waals surface area contributed by atoms with E-state index >= 15 is 0 Å². The van der Waals surface area contributed by atoms with Gasteiger partial charge in [0.15, 0.2) is 0 Å². The Balaban J connectivity index is 1.70. The van der Waals surface area contributed by atoms with Crippen molar-refractivity contribution in [2.24, 2.45) is 0 Å². The number of hydrogen-bond acceptors (Lipinski definition) is 6. The Hall–Kier alpha value is -3.50. The molecule has 0 saturated heterocycles. The van der Waals surface area contributed by atoms with Gasteiger partial charge in [0, 0.05) is 16.6 Å². The third kappa shape index (κ3) is 4.73.